The van der Waals surface area contributed by atoms with Crippen molar-refractivity contribution in [3.8, 4) is 0 Å². The molecule has 9 heteroatoms. The molecule has 5 N–H and O–H groups in total. The van der Waals surface area contributed by atoms with E-state index in [-0.39, 0.29) is 18.2 Å². The van der Waals surface area contributed by atoms with E-state index in [4.69, 9.17) is 11.6 Å². The summed E-state index contributed by atoms with van der Waals surface area (Å²) in [6, 6.07) is 12.9. The molecule has 0 saturated heterocycles. The number of unbranched alkanes of at least 4 members (excludes halogenated alkanes) is 1. The van der Waals surface area contributed by atoms with Gasteiger partial charge in [0.05, 0.1) is 11.4 Å². The molecule has 1 heterocycles. The second kappa shape index (κ2) is 10.3. The summed E-state index contributed by atoms with van der Waals surface area (Å²) >= 11 is 6.13. The number of Topliss-reactive ketones (excluding diaryl/α,β-unsaturated/α-hetero) is 1. The largest absolute Gasteiger partial charge is 0.316 e. The molecule has 0 radical (unpaired) electrons. The number of anilines is 2. The van der Waals surface area contributed by atoms with Gasteiger partial charge in [0.1, 0.15) is 0 Å². The van der Waals surface area contributed by atoms with Gasteiger partial charge < -0.3 is 5.32 Å². The number of fused-ring (bicyclic) bond motifs is 1. The maximum absolute atomic E-state index is 12.3. The van der Waals surface area contributed by atoms with Crippen LogP contribution in [0, 0.1) is 0 Å². The molecule has 2 aromatic carbocycles. The van der Waals surface area contributed by atoms with Crippen molar-refractivity contribution in [1.82, 2.24) is 5.32 Å². The molecular weight excluding hydrogens is 421 g/mol. The van der Waals surface area contributed by atoms with E-state index in [1.807, 2.05) is 24.3 Å². The van der Waals surface area contributed by atoms with Gasteiger partial charge >= 0.3 is 0 Å². The van der Waals surface area contributed by atoms with E-state index in [0.717, 1.165) is 42.9 Å². The summed E-state index contributed by atoms with van der Waals surface area (Å²) in [5.74, 6) is 0.0547. The molecule has 0 atom stereocenters. The van der Waals surface area contributed by atoms with Crippen LogP contribution in [-0.4, -0.2) is 28.0 Å². The number of rotatable bonds is 9. The number of carbonyl (C=O) groups is 1. The lowest BCUT2D eigenvalue weighted by atomic mass is 10.0. The fourth-order valence-electron chi connectivity index (χ4n) is 2.95. The zero-order chi connectivity index (χ0) is 19.3. The lowest BCUT2D eigenvalue weighted by Crippen LogP contribution is -2.18. The quantitative estimate of drug-likeness (QED) is 0.263. The normalized spacial score (nSPS) is 15.0. The van der Waals surface area contributed by atoms with E-state index < -0.39 is 11.0 Å². The lowest BCUT2D eigenvalue weighted by molar-refractivity contribution is 0.0979. The van der Waals surface area contributed by atoms with Crippen molar-refractivity contribution in [3.05, 3.63) is 58.6 Å². The zero-order valence-corrected chi connectivity index (χ0v) is 17.7. The van der Waals surface area contributed by atoms with Crippen molar-refractivity contribution in [2.45, 2.75) is 25.7 Å². The Hall–Kier alpha value is -1.48. The second-order valence-corrected chi connectivity index (χ2v) is 8.40. The summed E-state index contributed by atoms with van der Waals surface area (Å²) in [4.78, 5) is 12.3. The number of carbonyl (C=O) groups excluding carboxylic acids is 1. The van der Waals surface area contributed by atoms with Gasteiger partial charge in [-0.05, 0) is 73.1 Å². The molecule has 28 heavy (non-hydrogen) atoms. The molecule has 1 aliphatic rings. The third kappa shape index (κ3) is 6.27. The van der Waals surface area contributed by atoms with E-state index in [2.05, 4.69) is 14.8 Å². The van der Waals surface area contributed by atoms with Crippen LogP contribution in [-0.2, 0) is 6.42 Å². The van der Waals surface area contributed by atoms with Crippen LogP contribution in [0.4, 0.5) is 11.4 Å². The number of nitrogens with one attached hydrogen (secondary N) is 3. The Balaban J connectivity index is 0.00000280. The van der Waals surface area contributed by atoms with Crippen LogP contribution < -0.4 is 14.8 Å². The Bertz CT molecular complexity index is 821. The number of hydrogen-bond donors (Lipinski definition) is 5. The van der Waals surface area contributed by atoms with Crippen molar-refractivity contribution in [2.75, 3.05) is 22.5 Å². The zero-order valence-electron chi connectivity index (χ0n) is 15.3. The summed E-state index contributed by atoms with van der Waals surface area (Å²) in [7, 11) is -3.03. The summed E-state index contributed by atoms with van der Waals surface area (Å²) in [5, 5.41) is 4.17. The van der Waals surface area contributed by atoms with Gasteiger partial charge in [0.15, 0.2) is 5.78 Å². The van der Waals surface area contributed by atoms with E-state index in [1.165, 1.54) is 0 Å². The van der Waals surface area contributed by atoms with Crippen molar-refractivity contribution in [2.24, 2.45) is 0 Å². The molecule has 0 aromatic heterocycles. The first-order chi connectivity index (χ1) is 12.9. The van der Waals surface area contributed by atoms with Gasteiger partial charge in [-0.15, -0.1) is 12.4 Å². The minimum atomic E-state index is -3.03. The average Bonchev–Trinajstić information content (AvgIpc) is 2.95. The van der Waals surface area contributed by atoms with Crippen LogP contribution in [0.25, 0.3) is 0 Å². The maximum atomic E-state index is 12.3. The minimum absolute atomic E-state index is 0. The third-order valence-electron chi connectivity index (χ3n) is 4.38. The van der Waals surface area contributed by atoms with Crippen molar-refractivity contribution < 1.29 is 13.9 Å². The summed E-state index contributed by atoms with van der Waals surface area (Å²) in [5.41, 5.74) is 2.85. The smallest absolute Gasteiger partial charge is 0.162 e. The van der Waals surface area contributed by atoms with Gasteiger partial charge in [-0.3, -0.25) is 23.3 Å². The van der Waals surface area contributed by atoms with E-state index >= 15 is 0 Å². The first-order valence-corrected chi connectivity index (χ1v) is 10.8. The van der Waals surface area contributed by atoms with E-state index in [1.54, 1.807) is 18.2 Å². The molecule has 0 spiro atoms. The Labute approximate surface area is 178 Å². The molecule has 154 valence electrons. The first kappa shape index (κ1) is 22.8. The highest BCUT2D eigenvalue weighted by Crippen LogP contribution is 2.49. The average molecular weight is 446 g/mol. The lowest BCUT2D eigenvalue weighted by Gasteiger charge is -2.26. The highest BCUT2D eigenvalue weighted by atomic mass is 35.5. The van der Waals surface area contributed by atoms with Gasteiger partial charge in [-0.2, -0.15) is 0 Å². The number of benzene rings is 2. The van der Waals surface area contributed by atoms with Crippen LogP contribution >= 0.6 is 35.0 Å². The molecule has 6 nitrogen and oxygen atoms in total. The van der Waals surface area contributed by atoms with Gasteiger partial charge in [-0.1, -0.05) is 29.8 Å². The van der Waals surface area contributed by atoms with Crippen LogP contribution in [0.2, 0.25) is 5.02 Å². The minimum Gasteiger partial charge on any atom is -0.316 e. The van der Waals surface area contributed by atoms with Crippen LogP contribution in [0.5, 0.6) is 0 Å². The van der Waals surface area contributed by atoms with Crippen LogP contribution in [0.15, 0.2) is 42.5 Å². The SMILES string of the molecule is Cl.O=C(CCCCNCCc1ccccc1Cl)c1ccc2c(c1)NS(O)(O)N2. The van der Waals surface area contributed by atoms with Gasteiger partial charge in [-0.25, -0.2) is 0 Å². The van der Waals surface area contributed by atoms with Crippen LogP contribution in [0.3, 0.4) is 0 Å². The van der Waals surface area contributed by atoms with E-state index in [0.29, 0.717) is 23.4 Å². The third-order valence-corrected chi connectivity index (χ3v) is 5.76. The number of ketones is 1. The molecule has 0 aliphatic carbocycles. The molecule has 0 bridgehead atoms. The highest BCUT2D eigenvalue weighted by Gasteiger charge is 2.23. The van der Waals surface area contributed by atoms with Crippen LogP contribution in [0.1, 0.15) is 35.2 Å². The van der Waals surface area contributed by atoms with E-state index in [9.17, 15) is 13.9 Å². The number of hydrogen-bond acceptors (Lipinski definition) is 6. The number of halogens is 2. The predicted octanol–water partition coefficient (Wildman–Crippen LogP) is 5.37. The Morgan fingerprint density at radius 1 is 1.04 bits per heavy atom. The Kier molecular flexibility index (Phi) is 8.42. The fraction of sp³-hybridized carbons (Fsp3) is 0.316. The summed E-state index contributed by atoms with van der Waals surface area (Å²) in [6.45, 7) is 1.71. The predicted molar refractivity (Wildman–Crippen MR) is 120 cm³/mol. The Morgan fingerprint density at radius 2 is 1.79 bits per heavy atom. The highest BCUT2D eigenvalue weighted by molar-refractivity contribution is 8.26. The second-order valence-electron chi connectivity index (χ2n) is 6.49. The fourth-order valence-corrected chi connectivity index (χ4v) is 4.19. The topological polar surface area (TPSA) is 93.6 Å². The van der Waals surface area contributed by atoms with Gasteiger partial charge in [0, 0.05) is 17.0 Å². The van der Waals surface area contributed by atoms with Crippen molar-refractivity contribution in [1.29, 1.82) is 0 Å². The molecule has 0 unspecified atom stereocenters. The molecule has 0 amide bonds. The molecule has 0 fully saturated rings. The first-order valence-electron chi connectivity index (χ1n) is 8.90. The Morgan fingerprint density at radius 3 is 2.57 bits per heavy atom. The molecular formula is C19H25Cl2N3O3S. The summed E-state index contributed by atoms with van der Waals surface area (Å²) in [6.07, 6.45) is 3.07. The molecule has 0 saturated carbocycles. The van der Waals surface area contributed by atoms with Crippen molar-refractivity contribution in [3.63, 3.8) is 0 Å². The monoisotopic (exact) mass is 445 g/mol. The van der Waals surface area contributed by atoms with Crippen molar-refractivity contribution >= 4 is 52.1 Å². The molecule has 1 aliphatic heterocycles. The maximum Gasteiger partial charge on any atom is 0.162 e. The molecule has 3 rings (SSSR count). The molecule has 2 aromatic rings. The van der Waals surface area contributed by atoms with Gasteiger partial charge in [0.25, 0.3) is 0 Å². The standard InChI is InChI=1S/C19H24ClN3O3S.ClH/c20-16-6-2-1-5-14(16)10-12-21-11-4-3-7-19(24)15-8-9-17-18(13-15)23-27(25,26)22-17;/h1-2,5-6,8-9,13,21-23,25-26H,3-4,7,10-12H2;1H. The van der Waals surface area contributed by atoms with Gasteiger partial charge in [0.2, 0.25) is 0 Å². The summed E-state index contributed by atoms with van der Waals surface area (Å²) < 4.78 is 24.4.